The quantitative estimate of drug-likeness (QED) is 0.121. The Kier molecular flexibility index (Phi) is 16.5. The highest BCUT2D eigenvalue weighted by Gasteiger charge is 2.37. The summed E-state index contributed by atoms with van der Waals surface area (Å²) in [5.74, 6) is 0. The topological polar surface area (TPSA) is 136 Å². The van der Waals surface area contributed by atoms with Gasteiger partial charge in [0.05, 0.1) is 54.4 Å². The van der Waals surface area contributed by atoms with E-state index in [1.807, 2.05) is 37.3 Å². The zero-order valence-corrected chi connectivity index (χ0v) is 22.2. The van der Waals surface area contributed by atoms with Gasteiger partial charge in [-0.2, -0.15) is 26.3 Å². The molecule has 0 unspecified atom stereocenters. The van der Waals surface area contributed by atoms with Crippen LogP contribution in [0.5, 0.6) is 0 Å². The Labute approximate surface area is 201 Å². The van der Waals surface area contributed by atoms with Crippen LogP contribution >= 0.6 is 0 Å². The first-order valence-electron chi connectivity index (χ1n) is 9.73. The number of nitrogens with zero attached hydrogens (tertiary/aromatic N) is 4. The molecule has 0 atom stereocenters. The van der Waals surface area contributed by atoms with Gasteiger partial charge in [0.1, 0.15) is 0 Å². The fourth-order valence-electron chi connectivity index (χ4n) is 1.95. The Morgan fingerprint density at radius 3 is 0.914 bits per heavy atom. The monoisotopic (exact) mass is 570 g/mol. The number of hydrogen-bond acceptors (Lipinski definition) is 7. The minimum absolute atomic E-state index is 0.889. The molecule has 212 valence electrons. The van der Waals surface area contributed by atoms with Crippen LogP contribution in [-0.4, -0.2) is 122 Å². The average molecular weight is 571 g/mol. The summed E-state index contributed by atoms with van der Waals surface area (Å²) in [4.78, 5) is 4.43. The maximum Gasteiger partial charge on any atom is 0.485 e. The van der Waals surface area contributed by atoms with Crippen molar-refractivity contribution in [2.24, 2.45) is 0 Å². The second-order valence-electron chi connectivity index (χ2n) is 6.60. The molecular formula is C16H32F6N4O7S2. The van der Waals surface area contributed by atoms with Crippen molar-refractivity contribution < 1.29 is 66.2 Å². The van der Waals surface area contributed by atoms with Gasteiger partial charge >= 0.3 is 23.1 Å². The molecule has 0 saturated carbocycles. The molecule has 19 heteroatoms. The van der Waals surface area contributed by atoms with Crippen molar-refractivity contribution in [2.75, 3.05) is 54.4 Å². The van der Waals surface area contributed by atoms with Crippen LogP contribution in [0.2, 0.25) is 0 Å². The normalized spacial score (nSPS) is 11.8. The van der Waals surface area contributed by atoms with Crippen molar-refractivity contribution in [1.82, 2.24) is 9.80 Å². The molecule has 0 N–H and O–H groups in total. The zero-order chi connectivity index (χ0) is 29.0. The molecule has 0 heterocycles. The maximum atomic E-state index is 10.7. The fourth-order valence-corrected chi connectivity index (χ4v) is 1.95. The number of alkyl halides is 6. The summed E-state index contributed by atoms with van der Waals surface area (Å²) < 4.78 is 128. The van der Waals surface area contributed by atoms with E-state index in [-0.39, 0.29) is 0 Å². The van der Waals surface area contributed by atoms with Crippen LogP contribution in [0.3, 0.4) is 0 Å². The lowest BCUT2D eigenvalue weighted by Gasteiger charge is -2.20. The SMILES string of the molecule is CCN(CC)C(OC(N(CC)CC)=[N+](C)C)=[N+](C)C.O=S(=O)([O-])C(F)(F)F.O=S(=O)([O-])C(F)(F)F. The van der Waals surface area contributed by atoms with Crippen LogP contribution < -0.4 is 0 Å². The number of ether oxygens (including phenoxy) is 1. The molecule has 0 bridgehead atoms. The Bertz CT molecular complexity index is 828. The molecule has 0 radical (unpaired) electrons. The van der Waals surface area contributed by atoms with E-state index in [0.29, 0.717) is 0 Å². The van der Waals surface area contributed by atoms with E-state index in [2.05, 4.69) is 37.5 Å². The predicted molar refractivity (Wildman–Crippen MR) is 113 cm³/mol. The molecule has 0 aliphatic heterocycles. The Balaban J connectivity index is -0.000000526. The zero-order valence-electron chi connectivity index (χ0n) is 20.6. The molecule has 0 fully saturated rings. The number of amidine groups is 2. The summed E-state index contributed by atoms with van der Waals surface area (Å²) in [6, 6.07) is 1.78. The molecule has 0 aromatic heterocycles. The molecule has 0 rings (SSSR count). The number of rotatable bonds is 4. The van der Waals surface area contributed by atoms with E-state index in [1.54, 1.807) is 0 Å². The van der Waals surface area contributed by atoms with Gasteiger partial charge in [0.25, 0.3) is 0 Å². The van der Waals surface area contributed by atoms with E-state index >= 15 is 0 Å². The highest BCUT2D eigenvalue weighted by Crippen LogP contribution is 2.21. The van der Waals surface area contributed by atoms with Crippen molar-refractivity contribution in [3.05, 3.63) is 0 Å². The maximum absolute atomic E-state index is 10.7. The van der Waals surface area contributed by atoms with Crippen molar-refractivity contribution in [3.8, 4) is 0 Å². The standard InChI is InChI=1S/C14H32N4O.2CHF3O3S/c1-9-17(10-2)13(15(5)6)19-14(16(7)8)18(11-3)12-4;2*2-1(3,4)8(5,6)7/h9-12H2,1-8H3;2*(H,5,6,7)/q+2;;/p-2. The van der Waals surface area contributed by atoms with Crippen molar-refractivity contribution in [2.45, 2.75) is 38.7 Å². The largest absolute Gasteiger partial charge is 0.741 e. The smallest absolute Gasteiger partial charge is 0.485 e. The molecule has 0 saturated heterocycles. The highest BCUT2D eigenvalue weighted by molar-refractivity contribution is 7.86. The Morgan fingerprint density at radius 2 is 0.829 bits per heavy atom. The van der Waals surface area contributed by atoms with E-state index in [1.165, 1.54) is 0 Å². The molecule has 0 spiro atoms. The van der Waals surface area contributed by atoms with Crippen molar-refractivity contribution in [3.63, 3.8) is 0 Å². The number of halogens is 6. The third-order valence-corrected chi connectivity index (χ3v) is 4.72. The minimum Gasteiger partial charge on any atom is -0.741 e. The summed E-state index contributed by atoms with van der Waals surface area (Å²) in [5.41, 5.74) is -11.3. The van der Waals surface area contributed by atoms with Gasteiger partial charge in [0, 0.05) is 0 Å². The third kappa shape index (κ3) is 15.0. The first kappa shape index (κ1) is 37.7. The van der Waals surface area contributed by atoms with Gasteiger partial charge in [-0.05, 0) is 27.7 Å². The van der Waals surface area contributed by atoms with Crippen LogP contribution in [0.25, 0.3) is 0 Å². The van der Waals surface area contributed by atoms with Gasteiger partial charge in [0.15, 0.2) is 20.2 Å². The van der Waals surface area contributed by atoms with E-state index in [0.717, 1.165) is 38.2 Å². The Morgan fingerprint density at radius 1 is 0.657 bits per heavy atom. The highest BCUT2D eigenvalue weighted by atomic mass is 32.2. The minimum atomic E-state index is -6.09. The predicted octanol–water partition coefficient (Wildman–Crippen LogP) is 1.05. The lowest BCUT2D eigenvalue weighted by molar-refractivity contribution is -0.493. The molecule has 0 aromatic rings. The fraction of sp³-hybridized carbons (Fsp3) is 0.875. The van der Waals surface area contributed by atoms with E-state index in [9.17, 15) is 26.3 Å². The lowest BCUT2D eigenvalue weighted by Crippen LogP contribution is -2.46. The molecule has 0 amide bonds. The van der Waals surface area contributed by atoms with Crippen LogP contribution in [0.15, 0.2) is 0 Å². The van der Waals surface area contributed by atoms with Gasteiger partial charge in [-0.1, -0.05) is 0 Å². The Hall–Kier alpha value is -1.86. The van der Waals surface area contributed by atoms with E-state index in [4.69, 9.17) is 30.7 Å². The molecule has 0 aromatic carbocycles. The van der Waals surface area contributed by atoms with Crippen LogP contribution in [0.4, 0.5) is 26.3 Å². The second kappa shape index (κ2) is 15.3. The lowest BCUT2D eigenvalue weighted by atomic mass is 10.5. The van der Waals surface area contributed by atoms with Gasteiger partial charge in [-0.15, -0.1) is 0 Å². The molecule has 11 nitrogen and oxygen atoms in total. The third-order valence-electron chi connectivity index (χ3n) is 3.58. The van der Waals surface area contributed by atoms with Gasteiger partial charge < -0.3 is 13.8 Å². The summed E-state index contributed by atoms with van der Waals surface area (Å²) in [5, 5.41) is 0. The number of hydrogen-bond donors (Lipinski definition) is 0. The van der Waals surface area contributed by atoms with Crippen LogP contribution in [0, 0.1) is 0 Å². The van der Waals surface area contributed by atoms with Crippen LogP contribution in [0.1, 0.15) is 27.7 Å². The molecular weight excluding hydrogens is 538 g/mol. The van der Waals surface area contributed by atoms with Gasteiger partial charge in [-0.25, -0.2) is 35.8 Å². The van der Waals surface area contributed by atoms with Crippen LogP contribution in [-0.2, 0) is 25.0 Å². The molecule has 0 aliphatic rings. The second-order valence-corrected chi connectivity index (χ2v) is 9.34. The summed E-state index contributed by atoms with van der Waals surface area (Å²) >= 11 is 0. The average Bonchev–Trinajstić information content (AvgIpc) is 2.65. The first-order chi connectivity index (χ1) is 15.4. The first-order valence-corrected chi connectivity index (χ1v) is 12.5. The summed E-state index contributed by atoms with van der Waals surface area (Å²) in [7, 11) is -4.11. The van der Waals surface area contributed by atoms with E-state index < -0.39 is 31.3 Å². The van der Waals surface area contributed by atoms with Crippen molar-refractivity contribution >= 4 is 32.3 Å². The van der Waals surface area contributed by atoms with Gasteiger partial charge in [-0.3, -0.25) is 0 Å². The summed E-state index contributed by atoms with van der Waals surface area (Å²) in [6.45, 7) is 12.3. The molecule has 0 aliphatic carbocycles. The van der Waals surface area contributed by atoms with Gasteiger partial charge in [0.2, 0.25) is 0 Å². The summed E-state index contributed by atoms with van der Waals surface area (Å²) in [6.07, 6.45) is 0. The molecule has 35 heavy (non-hydrogen) atoms. The van der Waals surface area contributed by atoms with Crippen molar-refractivity contribution in [1.29, 1.82) is 0 Å².